The van der Waals surface area contributed by atoms with E-state index in [1.165, 1.54) is 0 Å². The van der Waals surface area contributed by atoms with Gasteiger partial charge in [-0.15, -0.1) is 0 Å². The van der Waals surface area contributed by atoms with E-state index in [1.54, 1.807) is 0 Å². The second kappa shape index (κ2) is 9.38. The zero-order valence-electron chi connectivity index (χ0n) is 14.9. The predicted octanol–water partition coefficient (Wildman–Crippen LogP) is 4.18. The van der Waals surface area contributed by atoms with Gasteiger partial charge in [0.25, 0.3) is 5.91 Å². The molecule has 3 aromatic rings. The lowest BCUT2D eigenvalue weighted by molar-refractivity contribution is -0.147. The summed E-state index contributed by atoms with van der Waals surface area (Å²) < 4.78 is 10.5. The molecule has 0 radical (unpaired) electrons. The van der Waals surface area contributed by atoms with E-state index in [4.69, 9.17) is 9.47 Å². The molecule has 5 heteroatoms. The molecule has 1 N–H and O–H groups in total. The van der Waals surface area contributed by atoms with Crippen LogP contribution >= 0.6 is 0 Å². The number of carbonyl (C=O) groups excluding carboxylic acids is 2. The smallest absolute Gasteiger partial charge is 0.306 e. The Morgan fingerprint density at radius 2 is 1.59 bits per heavy atom. The number of anilines is 1. The van der Waals surface area contributed by atoms with Gasteiger partial charge in [0.1, 0.15) is 5.75 Å². The van der Waals surface area contributed by atoms with Crippen LogP contribution in [0.5, 0.6) is 5.75 Å². The highest BCUT2D eigenvalue weighted by atomic mass is 16.5. The summed E-state index contributed by atoms with van der Waals surface area (Å²) in [6.45, 7) is 0.114. The van der Waals surface area contributed by atoms with Crippen LogP contribution in [0.2, 0.25) is 0 Å². The van der Waals surface area contributed by atoms with Crippen LogP contribution in [0.1, 0.15) is 12.8 Å². The normalized spacial score (nSPS) is 10.4. The number of fused-ring (bicyclic) bond motifs is 1. The molecule has 0 atom stereocenters. The first kappa shape index (κ1) is 18.5. The second-order valence-electron chi connectivity index (χ2n) is 6.00. The minimum absolute atomic E-state index is 0.203. The number of nitrogens with one attached hydrogen (secondary N) is 1. The summed E-state index contributed by atoms with van der Waals surface area (Å²) in [4.78, 5) is 23.8. The third kappa shape index (κ3) is 5.57. The highest BCUT2D eigenvalue weighted by Gasteiger charge is 2.09. The molecule has 0 aromatic heterocycles. The van der Waals surface area contributed by atoms with E-state index in [2.05, 4.69) is 5.32 Å². The maximum atomic E-state index is 12.1. The SMILES string of the molecule is O=C(COC(=O)CCCOc1ccccc1)Nc1cccc2ccccc12. The number of amides is 1. The Balaban J connectivity index is 1.39. The van der Waals surface area contributed by atoms with Crippen molar-refractivity contribution in [1.82, 2.24) is 0 Å². The molecule has 0 unspecified atom stereocenters. The van der Waals surface area contributed by atoms with E-state index in [-0.39, 0.29) is 18.9 Å². The molecule has 0 aliphatic carbocycles. The van der Waals surface area contributed by atoms with Gasteiger partial charge in [-0.05, 0) is 30.0 Å². The number of para-hydroxylation sites is 1. The fourth-order valence-corrected chi connectivity index (χ4v) is 2.66. The van der Waals surface area contributed by atoms with Gasteiger partial charge in [0.2, 0.25) is 0 Å². The van der Waals surface area contributed by atoms with Crippen molar-refractivity contribution in [3.63, 3.8) is 0 Å². The van der Waals surface area contributed by atoms with Crippen molar-refractivity contribution in [1.29, 1.82) is 0 Å². The van der Waals surface area contributed by atoms with Crippen molar-refractivity contribution < 1.29 is 19.1 Å². The Hall–Kier alpha value is -3.34. The number of esters is 1. The molecule has 27 heavy (non-hydrogen) atoms. The van der Waals surface area contributed by atoms with Crippen molar-refractivity contribution in [3.05, 3.63) is 72.8 Å². The Morgan fingerprint density at radius 3 is 2.44 bits per heavy atom. The third-order valence-corrected chi connectivity index (χ3v) is 3.97. The molecule has 1 amide bonds. The molecule has 0 saturated heterocycles. The fraction of sp³-hybridized carbons (Fsp3) is 0.182. The molecule has 0 saturated carbocycles. The summed E-state index contributed by atoms with van der Waals surface area (Å²) in [5.41, 5.74) is 0.699. The molecule has 0 bridgehead atoms. The quantitative estimate of drug-likeness (QED) is 0.482. The van der Waals surface area contributed by atoms with Crippen LogP contribution in [0.3, 0.4) is 0 Å². The predicted molar refractivity (Wildman–Crippen MR) is 105 cm³/mol. The Labute approximate surface area is 157 Å². The van der Waals surface area contributed by atoms with Crippen molar-refractivity contribution in [2.24, 2.45) is 0 Å². The molecule has 138 valence electrons. The number of rotatable bonds is 8. The van der Waals surface area contributed by atoms with Gasteiger partial charge in [0.15, 0.2) is 6.61 Å². The first-order valence-electron chi connectivity index (χ1n) is 8.83. The van der Waals surface area contributed by atoms with Crippen molar-refractivity contribution in [2.75, 3.05) is 18.5 Å². The van der Waals surface area contributed by atoms with Crippen LogP contribution in [0.15, 0.2) is 72.8 Å². The van der Waals surface area contributed by atoms with Crippen LogP contribution in [-0.2, 0) is 14.3 Å². The van der Waals surface area contributed by atoms with Crippen molar-refractivity contribution in [2.45, 2.75) is 12.8 Å². The maximum Gasteiger partial charge on any atom is 0.306 e. The average Bonchev–Trinajstić information content (AvgIpc) is 2.71. The molecule has 3 aromatic carbocycles. The standard InChI is InChI=1S/C22H21NO4/c24-21(23-20-13-6-9-17-8-4-5-12-19(17)20)16-27-22(25)14-7-15-26-18-10-2-1-3-11-18/h1-6,8-13H,7,14-16H2,(H,23,24). The zero-order chi connectivity index (χ0) is 18.9. The highest BCUT2D eigenvalue weighted by molar-refractivity contribution is 6.02. The summed E-state index contributed by atoms with van der Waals surface area (Å²) in [5, 5.41) is 4.76. The summed E-state index contributed by atoms with van der Waals surface area (Å²) >= 11 is 0. The zero-order valence-corrected chi connectivity index (χ0v) is 14.9. The average molecular weight is 363 g/mol. The van der Waals surface area contributed by atoms with Gasteiger partial charge < -0.3 is 14.8 Å². The van der Waals surface area contributed by atoms with Gasteiger partial charge in [-0.3, -0.25) is 9.59 Å². The van der Waals surface area contributed by atoms with Crippen molar-refractivity contribution >= 4 is 28.3 Å². The topological polar surface area (TPSA) is 64.6 Å². The lowest BCUT2D eigenvalue weighted by atomic mass is 10.1. The molecule has 5 nitrogen and oxygen atoms in total. The third-order valence-electron chi connectivity index (χ3n) is 3.97. The van der Waals surface area contributed by atoms with Gasteiger partial charge in [-0.1, -0.05) is 54.6 Å². The first-order chi connectivity index (χ1) is 13.2. The summed E-state index contributed by atoms with van der Waals surface area (Å²) in [6, 6.07) is 22.8. The van der Waals surface area contributed by atoms with Gasteiger partial charge >= 0.3 is 5.97 Å². The first-order valence-corrected chi connectivity index (χ1v) is 8.83. The highest BCUT2D eigenvalue weighted by Crippen LogP contribution is 2.22. The molecular formula is C22H21NO4. The Morgan fingerprint density at radius 1 is 0.852 bits per heavy atom. The second-order valence-corrected chi connectivity index (χ2v) is 6.00. The number of hydrogen-bond donors (Lipinski definition) is 1. The van der Waals surface area contributed by atoms with Gasteiger partial charge in [-0.25, -0.2) is 0 Å². The van der Waals surface area contributed by atoms with Gasteiger partial charge in [0.05, 0.1) is 6.61 Å². The molecule has 3 rings (SSSR count). The molecule has 0 aliphatic heterocycles. The van der Waals surface area contributed by atoms with E-state index < -0.39 is 5.97 Å². The van der Waals surface area contributed by atoms with Crippen LogP contribution in [0.25, 0.3) is 10.8 Å². The summed E-state index contributed by atoms with van der Waals surface area (Å²) in [5.74, 6) is -0.0136. The minimum Gasteiger partial charge on any atom is -0.494 e. The molecular weight excluding hydrogens is 342 g/mol. The largest absolute Gasteiger partial charge is 0.494 e. The number of benzene rings is 3. The van der Waals surface area contributed by atoms with Gasteiger partial charge in [0, 0.05) is 17.5 Å². The summed E-state index contributed by atoms with van der Waals surface area (Å²) in [6.07, 6.45) is 0.729. The van der Waals surface area contributed by atoms with Crippen LogP contribution in [0, 0.1) is 0 Å². The molecule has 0 aliphatic rings. The van der Waals surface area contributed by atoms with E-state index in [1.807, 2.05) is 72.8 Å². The Bertz CT molecular complexity index is 903. The summed E-state index contributed by atoms with van der Waals surface area (Å²) in [7, 11) is 0. The molecule has 0 heterocycles. The van der Waals surface area contributed by atoms with E-state index in [0.29, 0.717) is 18.7 Å². The van der Waals surface area contributed by atoms with E-state index in [0.717, 1.165) is 16.5 Å². The van der Waals surface area contributed by atoms with E-state index >= 15 is 0 Å². The maximum absolute atomic E-state index is 12.1. The van der Waals surface area contributed by atoms with Crippen LogP contribution in [-0.4, -0.2) is 25.1 Å². The van der Waals surface area contributed by atoms with Crippen molar-refractivity contribution in [3.8, 4) is 5.75 Å². The number of carbonyl (C=O) groups is 2. The monoisotopic (exact) mass is 363 g/mol. The Kier molecular flexibility index (Phi) is 6.41. The van der Waals surface area contributed by atoms with Crippen LogP contribution < -0.4 is 10.1 Å². The molecule has 0 fully saturated rings. The minimum atomic E-state index is -0.417. The number of hydrogen-bond acceptors (Lipinski definition) is 4. The fourth-order valence-electron chi connectivity index (χ4n) is 2.66. The van der Waals surface area contributed by atoms with Gasteiger partial charge in [-0.2, -0.15) is 0 Å². The van der Waals surface area contributed by atoms with Crippen LogP contribution in [0.4, 0.5) is 5.69 Å². The lowest BCUT2D eigenvalue weighted by Gasteiger charge is -2.09. The molecule has 0 spiro atoms. The van der Waals surface area contributed by atoms with E-state index in [9.17, 15) is 9.59 Å². The lowest BCUT2D eigenvalue weighted by Crippen LogP contribution is -2.21. The number of ether oxygens (including phenoxy) is 2.